The van der Waals surface area contributed by atoms with Gasteiger partial charge < -0.3 is 5.32 Å². The van der Waals surface area contributed by atoms with Gasteiger partial charge in [0.05, 0.1) is 17.6 Å². The third kappa shape index (κ3) is 2.16. The van der Waals surface area contributed by atoms with Crippen LogP contribution in [0.5, 0.6) is 0 Å². The first-order valence-corrected chi connectivity index (χ1v) is 6.06. The van der Waals surface area contributed by atoms with Crippen molar-refractivity contribution in [3.63, 3.8) is 0 Å². The van der Waals surface area contributed by atoms with Gasteiger partial charge in [-0.15, -0.1) is 0 Å². The van der Waals surface area contributed by atoms with E-state index in [4.69, 9.17) is 0 Å². The van der Waals surface area contributed by atoms with Crippen molar-refractivity contribution in [2.45, 2.75) is 25.8 Å². The number of hydrogen-bond donors (Lipinski definition) is 2. The molecule has 0 unspecified atom stereocenters. The summed E-state index contributed by atoms with van der Waals surface area (Å²) < 4.78 is 0. The number of anilines is 1. The number of pyridine rings is 1. The van der Waals surface area contributed by atoms with Crippen molar-refractivity contribution < 1.29 is 0 Å². The molecule has 0 spiro atoms. The van der Waals surface area contributed by atoms with Gasteiger partial charge in [-0.05, 0) is 37.8 Å². The number of aromatic amines is 1. The van der Waals surface area contributed by atoms with Crippen LogP contribution in [0.4, 0.5) is 5.69 Å². The molecule has 0 amide bonds. The molecule has 0 bridgehead atoms. The lowest BCUT2D eigenvalue weighted by molar-refractivity contribution is 0.694. The van der Waals surface area contributed by atoms with Crippen molar-refractivity contribution >= 4 is 5.69 Å². The highest BCUT2D eigenvalue weighted by molar-refractivity contribution is 5.71. The Balaban J connectivity index is 1.83. The highest BCUT2D eigenvalue weighted by Crippen LogP contribution is 2.35. The molecule has 2 heterocycles. The molecule has 0 saturated heterocycles. The van der Waals surface area contributed by atoms with E-state index >= 15 is 0 Å². The minimum absolute atomic E-state index is 0.509. The Labute approximate surface area is 100 Å². The molecular formula is C13H16N4. The molecular weight excluding hydrogens is 212 g/mol. The van der Waals surface area contributed by atoms with Gasteiger partial charge in [0, 0.05) is 12.2 Å². The number of nitrogens with one attached hydrogen (secondary N) is 2. The molecule has 3 rings (SSSR count). The van der Waals surface area contributed by atoms with Gasteiger partial charge in [0.15, 0.2) is 0 Å². The molecule has 1 aliphatic rings. The van der Waals surface area contributed by atoms with Crippen molar-refractivity contribution in [1.82, 2.24) is 15.2 Å². The Morgan fingerprint density at radius 2 is 2.29 bits per heavy atom. The molecule has 88 valence electrons. The highest BCUT2D eigenvalue weighted by Gasteiger charge is 2.28. The van der Waals surface area contributed by atoms with Crippen LogP contribution in [0.25, 0.3) is 11.4 Å². The third-order valence-electron chi connectivity index (χ3n) is 3.27. The van der Waals surface area contributed by atoms with E-state index in [1.54, 1.807) is 6.20 Å². The summed E-state index contributed by atoms with van der Waals surface area (Å²) in [4.78, 5) is 4.34. The van der Waals surface area contributed by atoms with E-state index < -0.39 is 0 Å². The summed E-state index contributed by atoms with van der Waals surface area (Å²) in [5.74, 6) is 0.821. The van der Waals surface area contributed by atoms with E-state index in [1.165, 1.54) is 12.8 Å². The van der Waals surface area contributed by atoms with Crippen molar-refractivity contribution in [2.75, 3.05) is 5.32 Å². The van der Waals surface area contributed by atoms with Crippen molar-refractivity contribution in [3.05, 3.63) is 30.6 Å². The Morgan fingerprint density at radius 3 is 3.00 bits per heavy atom. The minimum atomic E-state index is 0.509. The Hall–Kier alpha value is -1.84. The molecule has 2 aromatic rings. The maximum absolute atomic E-state index is 4.34. The quantitative estimate of drug-likeness (QED) is 0.846. The van der Waals surface area contributed by atoms with Crippen LogP contribution >= 0.6 is 0 Å². The Morgan fingerprint density at radius 1 is 1.41 bits per heavy atom. The maximum atomic E-state index is 4.34. The summed E-state index contributed by atoms with van der Waals surface area (Å²) in [6.07, 6.45) is 6.31. The average Bonchev–Trinajstić information content (AvgIpc) is 3.12. The lowest BCUT2D eigenvalue weighted by atomic mass is 10.2. The van der Waals surface area contributed by atoms with Crippen molar-refractivity contribution in [3.8, 4) is 11.4 Å². The lowest BCUT2D eigenvalue weighted by Crippen LogP contribution is -2.17. The Bertz CT molecular complexity index is 487. The molecule has 4 nitrogen and oxygen atoms in total. The summed E-state index contributed by atoms with van der Waals surface area (Å²) in [5, 5.41) is 10.6. The van der Waals surface area contributed by atoms with Gasteiger partial charge in [0.2, 0.25) is 0 Å². The summed E-state index contributed by atoms with van der Waals surface area (Å²) in [6, 6.07) is 6.40. The van der Waals surface area contributed by atoms with Gasteiger partial charge in [-0.25, -0.2) is 0 Å². The van der Waals surface area contributed by atoms with E-state index in [-0.39, 0.29) is 0 Å². The van der Waals surface area contributed by atoms with Gasteiger partial charge in [0.25, 0.3) is 0 Å². The van der Waals surface area contributed by atoms with Crippen LogP contribution in [0.3, 0.4) is 0 Å². The standard InChI is InChI=1S/C13H16N4/c1-9(10-5-6-10)16-12-8-15-17-13(12)11-4-2-3-7-14-11/h2-4,7-10,16H,5-6H2,1H3,(H,15,17)/t9-/m0/s1. The van der Waals surface area contributed by atoms with Gasteiger partial charge in [-0.1, -0.05) is 6.07 Å². The minimum Gasteiger partial charge on any atom is -0.379 e. The first-order chi connectivity index (χ1) is 8.34. The van der Waals surface area contributed by atoms with Crippen LogP contribution < -0.4 is 5.32 Å². The van der Waals surface area contributed by atoms with Crippen molar-refractivity contribution in [2.24, 2.45) is 5.92 Å². The van der Waals surface area contributed by atoms with E-state index in [2.05, 4.69) is 27.4 Å². The van der Waals surface area contributed by atoms with E-state index in [9.17, 15) is 0 Å². The summed E-state index contributed by atoms with van der Waals surface area (Å²) in [5.41, 5.74) is 2.94. The molecule has 2 N–H and O–H groups in total. The maximum Gasteiger partial charge on any atom is 0.107 e. The van der Waals surface area contributed by atoms with E-state index in [1.807, 2.05) is 24.4 Å². The van der Waals surface area contributed by atoms with Crippen LogP contribution in [0, 0.1) is 5.92 Å². The smallest absolute Gasteiger partial charge is 0.107 e. The molecule has 0 radical (unpaired) electrons. The molecule has 0 aromatic carbocycles. The van der Waals surface area contributed by atoms with Gasteiger partial charge in [0.1, 0.15) is 5.69 Å². The highest BCUT2D eigenvalue weighted by atomic mass is 15.1. The van der Waals surface area contributed by atoms with Crippen LogP contribution in [-0.4, -0.2) is 21.2 Å². The molecule has 1 saturated carbocycles. The number of rotatable bonds is 4. The predicted molar refractivity (Wildman–Crippen MR) is 67.6 cm³/mol. The normalized spacial score (nSPS) is 16.8. The average molecular weight is 228 g/mol. The number of H-pyrrole nitrogens is 1. The number of aromatic nitrogens is 3. The fourth-order valence-electron chi connectivity index (χ4n) is 2.06. The monoisotopic (exact) mass is 228 g/mol. The molecule has 17 heavy (non-hydrogen) atoms. The summed E-state index contributed by atoms with van der Waals surface area (Å²) >= 11 is 0. The SMILES string of the molecule is C[C@H](Nc1cn[nH]c1-c1ccccn1)C1CC1. The van der Waals surface area contributed by atoms with Crippen LogP contribution in [0.1, 0.15) is 19.8 Å². The molecule has 1 aliphatic carbocycles. The number of nitrogens with zero attached hydrogens (tertiary/aromatic N) is 2. The van der Waals surface area contributed by atoms with Gasteiger partial charge in [-0.3, -0.25) is 10.1 Å². The first kappa shape index (κ1) is 10.3. The zero-order valence-corrected chi connectivity index (χ0v) is 9.85. The predicted octanol–water partition coefficient (Wildman–Crippen LogP) is 2.68. The largest absolute Gasteiger partial charge is 0.379 e. The summed E-state index contributed by atoms with van der Waals surface area (Å²) in [7, 11) is 0. The molecule has 2 aromatic heterocycles. The second-order valence-corrected chi connectivity index (χ2v) is 4.64. The number of hydrogen-bond acceptors (Lipinski definition) is 3. The molecule has 4 heteroatoms. The zero-order valence-electron chi connectivity index (χ0n) is 9.85. The van der Waals surface area contributed by atoms with Gasteiger partial charge in [-0.2, -0.15) is 5.10 Å². The fourth-order valence-corrected chi connectivity index (χ4v) is 2.06. The fraction of sp³-hybridized carbons (Fsp3) is 0.385. The molecule has 1 fully saturated rings. The topological polar surface area (TPSA) is 53.6 Å². The van der Waals surface area contributed by atoms with Crippen LogP contribution in [-0.2, 0) is 0 Å². The van der Waals surface area contributed by atoms with Crippen molar-refractivity contribution in [1.29, 1.82) is 0 Å². The molecule has 0 aliphatic heterocycles. The van der Waals surface area contributed by atoms with Gasteiger partial charge >= 0.3 is 0 Å². The zero-order chi connectivity index (χ0) is 11.7. The summed E-state index contributed by atoms with van der Waals surface area (Å²) in [6.45, 7) is 2.23. The molecule has 1 atom stereocenters. The second kappa shape index (κ2) is 4.20. The van der Waals surface area contributed by atoms with E-state index in [0.717, 1.165) is 23.0 Å². The first-order valence-electron chi connectivity index (χ1n) is 6.06. The van der Waals surface area contributed by atoms with Crippen LogP contribution in [0.15, 0.2) is 30.6 Å². The lowest BCUT2D eigenvalue weighted by Gasteiger charge is -2.13. The Kier molecular flexibility index (Phi) is 2.55. The van der Waals surface area contributed by atoms with E-state index in [0.29, 0.717) is 6.04 Å². The third-order valence-corrected chi connectivity index (χ3v) is 3.27. The second-order valence-electron chi connectivity index (χ2n) is 4.64. The van der Waals surface area contributed by atoms with Crippen LogP contribution in [0.2, 0.25) is 0 Å².